The van der Waals surface area contributed by atoms with Gasteiger partial charge in [0.1, 0.15) is 0 Å². The van der Waals surface area contributed by atoms with Gasteiger partial charge in [-0.25, -0.2) is 0 Å². The second kappa shape index (κ2) is 10.8. The molecule has 1 unspecified atom stereocenters. The molecule has 0 spiro atoms. The van der Waals surface area contributed by atoms with E-state index in [1.54, 1.807) is 0 Å². The first-order valence-corrected chi connectivity index (χ1v) is 7.10. The summed E-state index contributed by atoms with van der Waals surface area (Å²) in [6.07, 6.45) is 6.54. The Morgan fingerprint density at radius 3 is 2.33 bits per heavy atom. The Bertz CT molecular complexity index is 114. The molecule has 0 radical (unpaired) electrons. The van der Waals surface area contributed by atoms with Crippen LogP contribution in [0.4, 0.5) is 0 Å². The highest BCUT2D eigenvalue weighted by atomic mass is 35.5. The van der Waals surface area contributed by atoms with E-state index in [1.807, 2.05) is 0 Å². The molecule has 0 saturated carbocycles. The van der Waals surface area contributed by atoms with Gasteiger partial charge in [0.25, 0.3) is 0 Å². The molecule has 0 rings (SSSR count). The van der Waals surface area contributed by atoms with E-state index in [-0.39, 0.29) is 0 Å². The van der Waals surface area contributed by atoms with E-state index in [4.69, 9.17) is 11.6 Å². The van der Waals surface area contributed by atoms with Crippen LogP contribution in [0.25, 0.3) is 0 Å². The van der Waals surface area contributed by atoms with Crippen molar-refractivity contribution >= 4 is 11.6 Å². The van der Waals surface area contributed by atoms with Gasteiger partial charge >= 0.3 is 0 Å². The Kier molecular flexibility index (Phi) is 10.9. The van der Waals surface area contributed by atoms with Crippen LogP contribution in [-0.4, -0.2) is 30.4 Å². The zero-order valence-electron chi connectivity index (χ0n) is 10.8. The number of nitrogens with zero attached hydrogens (tertiary/aromatic N) is 1. The van der Waals surface area contributed by atoms with E-state index in [9.17, 15) is 0 Å². The van der Waals surface area contributed by atoms with Crippen molar-refractivity contribution in [3.63, 3.8) is 0 Å². The van der Waals surface area contributed by atoms with Gasteiger partial charge in [0.2, 0.25) is 0 Å². The molecule has 2 heteroatoms. The Morgan fingerprint density at radius 1 is 1.13 bits per heavy atom. The van der Waals surface area contributed by atoms with E-state index in [2.05, 4.69) is 25.7 Å². The first-order chi connectivity index (χ1) is 7.28. The predicted molar refractivity (Wildman–Crippen MR) is 70.8 cm³/mol. The molecule has 15 heavy (non-hydrogen) atoms. The molecular formula is C13H28ClN. The van der Waals surface area contributed by atoms with Crippen LogP contribution < -0.4 is 0 Å². The molecule has 0 heterocycles. The van der Waals surface area contributed by atoms with Crippen molar-refractivity contribution in [2.75, 3.05) is 25.5 Å². The fourth-order valence-corrected chi connectivity index (χ4v) is 2.06. The van der Waals surface area contributed by atoms with Crippen LogP contribution in [0.15, 0.2) is 0 Å². The summed E-state index contributed by atoms with van der Waals surface area (Å²) in [7, 11) is 0. The molecule has 1 atom stereocenters. The molecule has 0 aromatic rings. The maximum atomic E-state index is 5.73. The lowest BCUT2D eigenvalue weighted by molar-refractivity contribution is 0.229. The van der Waals surface area contributed by atoms with Crippen molar-refractivity contribution < 1.29 is 0 Å². The maximum absolute atomic E-state index is 5.73. The summed E-state index contributed by atoms with van der Waals surface area (Å²) in [5.74, 6) is 1.68. The molecule has 1 nitrogen and oxygen atoms in total. The highest BCUT2D eigenvalue weighted by molar-refractivity contribution is 6.17. The third-order valence-electron chi connectivity index (χ3n) is 3.11. The standard InChI is InChI=1S/C13H28ClN/c1-4-7-9-13(5-2)12-15(6-3)11-8-10-14/h13H,4-12H2,1-3H3. The fraction of sp³-hybridized carbons (Fsp3) is 1.00. The first-order valence-electron chi connectivity index (χ1n) is 6.56. The molecule has 0 saturated heterocycles. The minimum absolute atomic E-state index is 0.794. The molecule has 0 fully saturated rings. The first kappa shape index (κ1) is 15.2. The number of hydrogen-bond donors (Lipinski definition) is 0. The predicted octanol–water partition coefficient (Wildman–Crippen LogP) is 4.15. The summed E-state index contributed by atoms with van der Waals surface area (Å²) in [6.45, 7) is 10.4. The maximum Gasteiger partial charge on any atom is 0.0235 e. The normalized spacial score (nSPS) is 13.4. The largest absolute Gasteiger partial charge is 0.303 e. The van der Waals surface area contributed by atoms with Crippen molar-refractivity contribution in [2.24, 2.45) is 5.92 Å². The topological polar surface area (TPSA) is 3.24 Å². The number of rotatable bonds is 10. The second-order valence-electron chi connectivity index (χ2n) is 4.35. The molecule has 0 aromatic heterocycles. The van der Waals surface area contributed by atoms with Gasteiger partial charge in [0.15, 0.2) is 0 Å². The van der Waals surface area contributed by atoms with Crippen LogP contribution >= 0.6 is 11.6 Å². The summed E-state index contributed by atoms with van der Waals surface area (Å²) in [6, 6.07) is 0. The van der Waals surface area contributed by atoms with Gasteiger partial charge in [-0.2, -0.15) is 0 Å². The Balaban J connectivity index is 3.77. The zero-order chi connectivity index (χ0) is 11.5. The van der Waals surface area contributed by atoms with Gasteiger partial charge in [-0.05, 0) is 31.8 Å². The molecule has 0 aliphatic rings. The summed E-state index contributed by atoms with van der Waals surface area (Å²) >= 11 is 5.73. The monoisotopic (exact) mass is 233 g/mol. The van der Waals surface area contributed by atoms with Gasteiger partial charge in [-0.3, -0.25) is 0 Å². The SMILES string of the molecule is CCCCC(CC)CN(CC)CCCCl. The van der Waals surface area contributed by atoms with Gasteiger partial charge in [0.05, 0.1) is 0 Å². The number of unbranched alkanes of at least 4 members (excludes halogenated alkanes) is 1. The lowest BCUT2D eigenvalue weighted by Gasteiger charge is -2.25. The van der Waals surface area contributed by atoms with Crippen LogP contribution in [-0.2, 0) is 0 Å². The van der Waals surface area contributed by atoms with E-state index in [0.29, 0.717) is 0 Å². The number of hydrogen-bond acceptors (Lipinski definition) is 1. The fourth-order valence-electron chi connectivity index (χ4n) is 1.94. The smallest absolute Gasteiger partial charge is 0.0235 e. The molecular weight excluding hydrogens is 206 g/mol. The number of alkyl halides is 1. The molecule has 0 aliphatic heterocycles. The molecule has 0 aromatic carbocycles. The van der Waals surface area contributed by atoms with Crippen molar-refractivity contribution in [3.05, 3.63) is 0 Å². The molecule has 0 aliphatic carbocycles. The van der Waals surface area contributed by atoms with Crippen LogP contribution in [0.5, 0.6) is 0 Å². The van der Waals surface area contributed by atoms with Crippen molar-refractivity contribution in [2.45, 2.75) is 52.9 Å². The Hall–Kier alpha value is 0.250. The van der Waals surface area contributed by atoms with Gasteiger partial charge < -0.3 is 4.90 Å². The summed E-state index contributed by atoms with van der Waals surface area (Å²) in [5.41, 5.74) is 0. The van der Waals surface area contributed by atoms with Gasteiger partial charge in [-0.15, -0.1) is 11.6 Å². The lowest BCUT2D eigenvalue weighted by atomic mass is 9.98. The molecule has 92 valence electrons. The lowest BCUT2D eigenvalue weighted by Crippen LogP contribution is -2.30. The van der Waals surface area contributed by atoms with E-state index in [1.165, 1.54) is 45.3 Å². The molecule has 0 bridgehead atoms. The van der Waals surface area contributed by atoms with Crippen molar-refractivity contribution in [3.8, 4) is 0 Å². The van der Waals surface area contributed by atoms with Crippen LogP contribution in [0.2, 0.25) is 0 Å². The van der Waals surface area contributed by atoms with E-state index < -0.39 is 0 Å². The summed E-state index contributed by atoms with van der Waals surface area (Å²) in [5, 5.41) is 0. The Labute approximate surface area is 101 Å². The highest BCUT2D eigenvalue weighted by Crippen LogP contribution is 2.14. The summed E-state index contributed by atoms with van der Waals surface area (Å²) < 4.78 is 0. The minimum Gasteiger partial charge on any atom is -0.303 e. The minimum atomic E-state index is 0.794. The molecule has 0 amide bonds. The Morgan fingerprint density at radius 2 is 1.87 bits per heavy atom. The highest BCUT2D eigenvalue weighted by Gasteiger charge is 2.10. The van der Waals surface area contributed by atoms with E-state index in [0.717, 1.165) is 18.2 Å². The van der Waals surface area contributed by atoms with Gasteiger partial charge in [-0.1, -0.05) is 40.0 Å². The number of halogens is 1. The second-order valence-corrected chi connectivity index (χ2v) is 4.73. The third-order valence-corrected chi connectivity index (χ3v) is 3.38. The third kappa shape index (κ3) is 8.10. The van der Waals surface area contributed by atoms with Crippen molar-refractivity contribution in [1.82, 2.24) is 4.90 Å². The van der Waals surface area contributed by atoms with Crippen LogP contribution in [0.3, 0.4) is 0 Å². The van der Waals surface area contributed by atoms with Crippen molar-refractivity contribution in [1.29, 1.82) is 0 Å². The quantitative estimate of drug-likeness (QED) is 0.513. The molecule has 0 N–H and O–H groups in total. The average molecular weight is 234 g/mol. The zero-order valence-corrected chi connectivity index (χ0v) is 11.5. The summed E-state index contributed by atoms with van der Waals surface area (Å²) in [4.78, 5) is 2.55. The average Bonchev–Trinajstić information content (AvgIpc) is 2.28. The van der Waals surface area contributed by atoms with Crippen LogP contribution in [0, 0.1) is 5.92 Å². The van der Waals surface area contributed by atoms with E-state index >= 15 is 0 Å². The van der Waals surface area contributed by atoms with Gasteiger partial charge in [0, 0.05) is 12.4 Å². The van der Waals surface area contributed by atoms with Crippen LogP contribution in [0.1, 0.15) is 52.9 Å².